The van der Waals surface area contributed by atoms with E-state index in [9.17, 15) is 0 Å². The Kier molecular flexibility index (Phi) is 25.3. The van der Waals surface area contributed by atoms with E-state index in [2.05, 4.69) is 110 Å². The van der Waals surface area contributed by atoms with Crippen LogP contribution in [0.4, 0.5) is 0 Å². The van der Waals surface area contributed by atoms with Gasteiger partial charge in [0, 0.05) is 38.4 Å². The highest BCUT2D eigenvalue weighted by Crippen LogP contribution is 2.01. The Bertz CT molecular complexity index is 741. The maximum Gasteiger partial charge on any atom is 0.0224 e. The van der Waals surface area contributed by atoms with Gasteiger partial charge in [-0.25, -0.2) is 0 Å². The van der Waals surface area contributed by atoms with Gasteiger partial charge in [0.25, 0.3) is 0 Å². The summed E-state index contributed by atoms with van der Waals surface area (Å²) in [7, 11) is 4.15. The van der Waals surface area contributed by atoms with Crippen LogP contribution in [0, 0.1) is 0 Å². The minimum Gasteiger partial charge on any atom is -0.389 e. The van der Waals surface area contributed by atoms with Gasteiger partial charge in [-0.2, -0.15) is 0 Å². The molecule has 0 unspecified atom stereocenters. The lowest BCUT2D eigenvalue weighted by molar-refractivity contribution is 0.374. The second-order valence-corrected chi connectivity index (χ2v) is 9.24. The summed E-state index contributed by atoms with van der Waals surface area (Å²) in [5, 5.41) is 3.18. The number of nitrogens with one attached hydrogen (secondary N) is 1. The zero-order chi connectivity index (χ0) is 27.8. The van der Waals surface area contributed by atoms with Crippen LogP contribution in [0.1, 0.15) is 62.3 Å². The van der Waals surface area contributed by atoms with E-state index >= 15 is 0 Å². The summed E-state index contributed by atoms with van der Waals surface area (Å²) in [4.78, 5) is 4.34. The summed E-state index contributed by atoms with van der Waals surface area (Å²) in [5.41, 5.74) is 3.63. The van der Waals surface area contributed by atoms with Crippen molar-refractivity contribution in [3.05, 3.63) is 110 Å². The second-order valence-electron chi connectivity index (χ2n) is 9.24. The summed E-state index contributed by atoms with van der Waals surface area (Å²) < 4.78 is 0. The first-order chi connectivity index (χ1) is 16.3. The Morgan fingerprint density at radius 3 is 1.69 bits per heavy atom. The van der Waals surface area contributed by atoms with Gasteiger partial charge in [0.1, 0.15) is 0 Å². The lowest BCUT2D eigenvalue weighted by Crippen LogP contribution is -2.20. The number of allylic oxidation sites excluding steroid dienone is 12. The van der Waals surface area contributed by atoms with Crippen molar-refractivity contribution < 1.29 is 0 Å². The molecule has 0 aromatic rings. The van der Waals surface area contributed by atoms with Gasteiger partial charge < -0.3 is 15.1 Å². The Morgan fingerprint density at radius 2 is 1.26 bits per heavy atom. The molecule has 3 nitrogen and oxygen atoms in total. The number of hydrogen-bond donors (Lipinski definition) is 1. The predicted octanol–water partition coefficient (Wildman–Crippen LogP) is 8.58. The molecular weight excluding hydrogens is 426 g/mol. The second kappa shape index (κ2) is 24.2. The highest BCUT2D eigenvalue weighted by Gasteiger charge is 1.96. The van der Waals surface area contributed by atoms with Gasteiger partial charge in [-0.3, -0.25) is 0 Å². The third kappa shape index (κ3) is 29.0. The zero-order valence-electron chi connectivity index (χ0n) is 24.7. The van der Waals surface area contributed by atoms with Crippen molar-refractivity contribution in [3.63, 3.8) is 0 Å². The molecule has 0 saturated heterocycles. The summed E-state index contributed by atoms with van der Waals surface area (Å²) >= 11 is 0. The van der Waals surface area contributed by atoms with E-state index in [1.807, 2.05) is 62.6 Å². The van der Waals surface area contributed by atoms with Crippen LogP contribution in [-0.2, 0) is 0 Å². The Hall–Kier alpha value is -2.94. The summed E-state index contributed by atoms with van der Waals surface area (Å²) in [6.45, 7) is 29.9. The van der Waals surface area contributed by atoms with Gasteiger partial charge in [-0.1, -0.05) is 67.8 Å². The molecule has 0 radical (unpaired) electrons. The fourth-order valence-electron chi connectivity index (χ4n) is 1.92. The lowest BCUT2D eigenvalue weighted by atomic mass is 10.2. The molecule has 0 aliphatic rings. The molecule has 0 fully saturated rings. The number of rotatable bonds is 12. The van der Waals surface area contributed by atoms with E-state index in [0.717, 1.165) is 0 Å². The Balaban J connectivity index is -0.000000439. The molecule has 1 N–H and O–H groups in total. The molecule has 0 aromatic carbocycles. The third-order valence-electron chi connectivity index (χ3n) is 4.69. The summed E-state index contributed by atoms with van der Waals surface area (Å²) in [5.74, 6) is 0. The maximum absolute atomic E-state index is 3.68. The molecule has 0 aliphatic heterocycles. The van der Waals surface area contributed by atoms with Crippen LogP contribution >= 0.6 is 0 Å². The van der Waals surface area contributed by atoms with Crippen molar-refractivity contribution in [3.8, 4) is 0 Å². The molecule has 0 heterocycles. The predicted molar refractivity (Wildman–Crippen MR) is 163 cm³/mol. The number of nitrogens with zero attached hydrogens (tertiary/aromatic N) is 2. The van der Waals surface area contributed by atoms with Gasteiger partial charge in [0.05, 0.1) is 0 Å². The van der Waals surface area contributed by atoms with Crippen molar-refractivity contribution in [2.75, 3.05) is 14.1 Å². The van der Waals surface area contributed by atoms with Gasteiger partial charge >= 0.3 is 0 Å². The van der Waals surface area contributed by atoms with E-state index in [4.69, 9.17) is 0 Å². The van der Waals surface area contributed by atoms with Gasteiger partial charge in [-0.15, -0.1) is 0 Å². The first kappa shape index (κ1) is 36.6. The third-order valence-corrected chi connectivity index (χ3v) is 4.69. The van der Waals surface area contributed by atoms with E-state index in [1.54, 1.807) is 12.2 Å². The van der Waals surface area contributed by atoms with Crippen molar-refractivity contribution in [1.29, 1.82) is 0 Å². The zero-order valence-corrected chi connectivity index (χ0v) is 24.7. The largest absolute Gasteiger partial charge is 0.389 e. The van der Waals surface area contributed by atoms with E-state index in [-0.39, 0.29) is 0 Å². The molecule has 35 heavy (non-hydrogen) atoms. The molecular formula is C32H55N3. The van der Waals surface area contributed by atoms with Crippen molar-refractivity contribution in [1.82, 2.24) is 15.1 Å². The van der Waals surface area contributed by atoms with Crippen LogP contribution in [0.2, 0.25) is 0 Å². The minimum atomic E-state index is 0.503. The molecule has 0 spiro atoms. The first-order valence-electron chi connectivity index (χ1n) is 12.4. The smallest absolute Gasteiger partial charge is 0.0224 e. The van der Waals surface area contributed by atoms with Crippen molar-refractivity contribution in [2.24, 2.45) is 0 Å². The highest BCUT2D eigenvalue weighted by atomic mass is 15.1. The molecule has 0 aromatic heterocycles. The molecule has 0 aliphatic carbocycles. The molecule has 0 saturated carbocycles. The molecule has 0 rings (SSSR count). The van der Waals surface area contributed by atoms with E-state index in [1.165, 1.54) is 16.7 Å². The lowest BCUT2D eigenvalue weighted by Gasteiger charge is -2.19. The van der Waals surface area contributed by atoms with Crippen LogP contribution in [0.25, 0.3) is 0 Å². The van der Waals surface area contributed by atoms with Gasteiger partial charge in [0.15, 0.2) is 0 Å². The average molecular weight is 482 g/mol. The van der Waals surface area contributed by atoms with E-state index < -0.39 is 0 Å². The topological polar surface area (TPSA) is 18.5 Å². The monoisotopic (exact) mass is 481 g/mol. The van der Waals surface area contributed by atoms with Crippen LogP contribution in [0.3, 0.4) is 0 Å². The summed E-state index contributed by atoms with van der Waals surface area (Å²) in [6, 6.07) is 1.61. The highest BCUT2D eigenvalue weighted by molar-refractivity contribution is 5.20. The quantitative estimate of drug-likeness (QED) is 0.282. The van der Waals surface area contributed by atoms with Gasteiger partial charge in [0.2, 0.25) is 0 Å². The maximum atomic E-state index is 3.68. The fourth-order valence-corrected chi connectivity index (χ4v) is 1.92. The SMILES string of the molecule is C=C/C(C)=C\C=C/N(C)C(C)C.C=C/C=C(C)\C=C/NC(C)C.C=C/C=C\C(C)=C/N(C)C(C)C. The van der Waals surface area contributed by atoms with Crippen LogP contribution in [-0.4, -0.2) is 42.0 Å². The van der Waals surface area contributed by atoms with Crippen molar-refractivity contribution in [2.45, 2.75) is 80.4 Å². The standard InChI is InChI=1S/2C11H19N.C10H17N/c1-6-11(4)8-7-9-12(5)10(2)3;1-6-7-8-11(4)9-12(5)10(2)3;1-5-6-10(4)7-8-11-9(2)3/h2*6-10H,1H2,2-5H3;5-9,11H,1H2,2-4H3/b9-7-,11-8-;8-7-,11-9-;8-7-,10-6-. The normalized spacial score (nSPS) is 12.6. The van der Waals surface area contributed by atoms with Crippen LogP contribution < -0.4 is 5.32 Å². The van der Waals surface area contributed by atoms with E-state index in [0.29, 0.717) is 18.1 Å². The van der Waals surface area contributed by atoms with Gasteiger partial charge in [-0.05, 0) is 98.0 Å². The Labute approximate surface area is 219 Å². The van der Waals surface area contributed by atoms with Crippen molar-refractivity contribution >= 4 is 0 Å². The molecule has 0 amide bonds. The first-order valence-corrected chi connectivity index (χ1v) is 12.4. The molecule has 0 bridgehead atoms. The summed E-state index contributed by atoms with van der Waals surface area (Å²) in [6.07, 6.45) is 23.7. The van der Waals surface area contributed by atoms with Crippen LogP contribution in [0.5, 0.6) is 0 Å². The average Bonchev–Trinajstić information content (AvgIpc) is 2.78. The fraction of sp³-hybridized carbons (Fsp3) is 0.438. The molecule has 3 heteroatoms. The Morgan fingerprint density at radius 1 is 0.686 bits per heavy atom. The van der Waals surface area contributed by atoms with Crippen LogP contribution in [0.15, 0.2) is 110 Å². The molecule has 198 valence electrons. The number of hydrogen-bond acceptors (Lipinski definition) is 3. The minimum absolute atomic E-state index is 0.503. The molecule has 0 atom stereocenters.